The van der Waals surface area contributed by atoms with E-state index in [4.69, 9.17) is 9.26 Å². The lowest BCUT2D eigenvalue weighted by Gasteiger charge is -2.24. The summed E-state index contributed by atoms with van der Waals surface area (Å²) < 4.78 is 10.3. The maximum atomic E-state index is 11.9. The highest BCUT2D eigenvalue weighted by molar-refractivity contribution is 5.68. The van der Waals surface area contributed by atoms with Crippen molar-refractivity contribution in [1.29, 1.82) is 0 Å². The molecule has 1 aliphatic rings. The molecule has 1 atom stereocenters. The molecular weight excluding hydrogens is 260 g/mol. The van der Waals surface area contributed by atoms with Gasteiger partial charge in [0.25, 0.3) is 0 Å². The van der Waals surface area contributed by atoms with Crippen molar-refractivity contribution in [3.63, 3.8) is 0 Å². The zero-order valence-electron chi connectivity index (χ0n) is 12.3. The second-order valence-corrected chi connectivity index (χ2v) is 5.95. The minimum Gasteiger partial charge on any atom is -0.444 e. The summed E-state index contributed by atoms with van der Waals surface area (Å²) in [6.07, 6.45) is 2.79. The van der Waals surface area contributed by atoms with E-state index in [2.05, 4.69) is 15.5 Å². The molecule has 0 bridgehead atoms. The van der Waals surface area contributed by atoms with Gasteiger partial charge in [0.1, 0.15) is 5.60 Å². The molecule has 0 saturated carbocycles. The Morgan fingerprint density at radius 2 is 2.40 bits per heavy atom. The number of ether oxygens (including phenoxy) is 1. The number of rotatable bonds is 4. The number of carbonyl (C=O) groups is 1. The molecule has 1 fully saturated rings. The van der Waals surface area contributed by atoms with Crippen molar-refractivity contribution in [1.82, 2.24) is 20.4 Å². The summed E-state index contributed by atoms with van der Waals surface area (Å²) in [5.41, 5.74) is -0.444. The van der Waals surface area contributed by atoms with Crippen LogP contribution in [-0.2, 0) is 11.2 Å². The van der Waals surface area contributed by atoms with Crippen LogP contribution in [-0.4, -0.2) is 52.4 Å². The Morgan fingerprint density at radius 3 is 3.05 bits per heavy atom. The van der Waals surface area contributed by atoms with Crippen LogP contribution in [0.2, 0.25) is 0 Å². The van der Waals surface area contributed by atoms with Gasteiger partial charge in [0.15, 0.2) is 6.33 Å². The average Bonchev–Trinajstić information content (AvgIpc) is 2.97. The van der Waals surface area contributed by atoms with Crippen LogP contribution in [0, 0.1) is 0 Å². The fraction of sp³-hybridized carbons (Fsp3) is 0.769. The van der Waals surface area contributed by atoms with E-state index in [-0.39, 0.29) is 6.09 Å². The molecule has 1 aliphatic heterocycles. The third-order valence-corrected chi connectivity index (χ3v) is 3.02. The Bertz CT molecular complexity index is 427. The monoisotopic (exact) mass is 282 g/mol. The van der Waals surface area contributed by atoms with Gasteiger partial charge in [-0.2, -0.15) is 4.98 Å². The van der Waals surface area contributed by atoms with Gasteiger partial charge in [0, 0.05) is 32.1 Å². The first kappa shape index (κ1) is 14.8. The van der Waals surface area contributed by atoms with Crippen molar-refractivity contribution in [3.8, 4) is 0 Å². The molecule has 112 valence electrons. The highest BCUT2D eigenvalue weighted by Crippen LogP contribution is 2.15. The quantitative estimate of drug-likeness (QED) is 0.894. The lowest BCUT2D eigenvalue weighted by atomic mass is 10.2. The summed E-state index contributed by atoms with van der Waals surface area (Å²) in [7, 11) is 0. The number of carbonyl (C=O) groups excluding carboxylic acids is 1. The number of hydrogen-bond acceptors (Lipinski definition) is 6. The third kappa shape index (κ3) is 4.48. The highest BCUT2D eigenvalue weighted by atomic mass is 16.6. The lowest BCUT2D eigenvalue weighted by molar-refractivity contribution is 0.0291. The van der Waals surface area contributed by atoms with Gasteiger partial charge in [-0.25, -0.2) is 4.79 Å². The molecule has 1 saturated heterocycles. The van der Waals surface area contributed by atoms with Crippen molar-refractivity contribution in [2.24, 2.45) is 0 Å². The summed E-state index contributed by atoms with van der Waals surface area (Å²) in [6, 6.07) is 0.297. The molecule has 2 heterocycles. The predicted octanol–water partition coefficient (Wildman–Crippen LogP) is 1.21. The van der Waals surface area contributed by atoms with Crippen LogP contribution in [0.25, 0.3) is 0 Å². The number of nitrogens with one attached hydrogen (secondary N) is 1. The molecule has 1 aromatic rings. The maximum absolute atomic E-state index is 11.9. The zero-order chi connectivity index (χ0) is 14.6. The number of likely N-dealkylation sites (tertiary alicyclic amines) is 1. The van der Waals surface area contributed by atoms with E-state index in [1.165, 1.54) is 6.33 Å². The Balaban J connectivity index is 1.68. The first-order valence-corrected chi connectivity index (χ1v) is 6.91. The van der Waals surface area contributed by atoms with Crippen molar-refractivity contribution in [2.45, 2.75) is 45.3 Å². The SMILES string of the molecule is CC(C)(C)OC(=O)N1CCC(NCCc2ncno2)C1. The Kier molecular flexibility index (Phi) is 4.59. The van der Waals surface area contributed by atoms with E-state index >= 15 is 0 Å². The second kappa shape index (κ2) is 6.21. The molecular formula is C13H22N4O3. The van der Waals surface area contributed by atoms with E-state index in [0.717, 1.165) is 19.5 Å². The molecule has 20 heavy (non-hydrogen) atoms. The van der Waals surface area contributed by atoms with Crippen LogP contribution in [0.15, 0.2) is 10.9 Å². The minimum atomic E-state index is -0.444. The first-order valence-electron chi connectivity index (χ1n) is 6.91. The molecule has 0 aromatic carbocycles. The molecule has 1 amide bonds. The molecule has 0 radical (unpaired) electrons. The molecule has 7 nitrogen and oxygen atoms in total. The van der Waals surface area contributed by atoms with E-state index < -0.39 is 5.60 Å². The fourth-order valence-corrected chi connectivity index (χ4v) is 2.11. The van der Waals surface area contributed by atoms with Crippen LogP contribution in [0.4, 0.5) is 4.79 Å². The number of amides is 1. The Morgan fingerprint density at radius 1 is 1.60 bits per heavy atom. The van der Waals surface area contributed by atoms with Crippen LogP contribution in [0.3, 0.4) is 0 Å². The predicted molar refractivity (Wildman–Crippen MR) is 72.2 cm³/mol. The van der Waals surface area contributed by atoms with E-state index in [0.29, 0.717) is 24.9 Å². The van der Waals surface area contributed by atoms with Crippen LogP contribution < -0.4 is 5.32 Å². The number of nitrogens with zero attached hydrogens (tertiary/aromatic N) is 3. The molecule has 0 aliphatic carbocycles. The standard InChI is InChI=1S/C13H22N4O3/c1-13(2,3)19-12(18)17-7-5-10(8-17)14-6-4-11-15-9-16-20-11/h9-10,14H,4-8H2,1-3H3. The van der Waals surface area contributed by atoms with Gasteiger partial charge >= 0.3 is 6.09 Å². The zero-order valence-corrected chi connectivity index (χ0v) is 12.3. The van der Waals surface area contributed by atoms with Gasteiger partial charge in [-0.3, -0.25) is 0 Å². The Hall–Kier alpha value is -1.63. The fourth-order valence-electron chi connectivity index (χ4n) is 2.11. The van der Waals surface area contributed by atoms with Gasteiger partial charge in [-0.05, 0) is 27.2 Å². The van der Waals surface area contributed by atoms with Gasteiger partial charge in [-0.1, -0.05) is 5.16 Å². The first-order chi connectivity index (χ1) is 9.44. The normalized spacial score (nSPS) is 19.4. The Labute approximate surface area is 118 Å². The van der Waals surface area contributed by atoms with E-state index in [1.807, 2.05) is 20.8 Å². The summed E-state index contributed by atoms with van der Waals surface area (Å²) in [6.45, 7) is 7.80. The van der Waals surface area contributed by atoms with Crippen LogP contribution >= 0.6 is 0 Å². The topological polar surface area (TPSA) is 80.5 Å². The van der Waals surface area contributed by atoms with Crippen molar-refractivity contribution >= 4 is 6.09 Å². The smallest absolute Gasteiger partial charge is 0.410 e. The summed E-state index contributed by atoms with van der Waals surface area (Å²) in [4.78, 5) is 17.6. The second-order valence-electron chi connectivity index (χ2n) is 5.95. The third-order valence-electron chi connectivity index (χ3n) is 3.02. The molecule has 1 unspecified atom stereocenters. The van der Waals surface area contributed by atoms with Crippen molar-refractivity contribution < 1.29 is 14.1 Å². The highest BCUT2D eigenvalue weighted by Gasteiger charge is 2.29. The van der Waals surface area contributed by atoms with E-state index in [9.17, 15) is 4.79 Å². The van der Waals surface area contributed by atoms with Crippen LogP contribution in [0.5, 0.6) is 0 Å². The van der Waals surface area contributed by atoms with Gasteiger partial charge in [0.05, 0.1) is 0 Å². The molecule has 1 N–H and O–H groups in total. The maximum Gasteiger partial charge on any atom is 0.410 e. The average molecular weight is 282 g/mol. The summed E-state index contributed by atoms with van der Waals surface area (Å²) >= 11 is 0. The largest absolute Gasteiger partial charge is 0.444 e. The minimum absolute atomic E-state index is 0.237. The number of hydrogen-bond donors (Lipinski definition) is 1. The van der Waals surface area contributed by atoms with E-state index in [1.54, 1.807) is 4.90 Å². The molecule has 2 rings (SSSR count). The van der Waals surface area contributed by atoms with Crippen molar-refractivity contribution in [2.75, 3.05) is 19.6 Å². The van der Waals surface area contributed by atoms with Gasteiger partial charge < -0.3 is 19.5 Å². The van der Waals surface area contributed by atoms with Crippen molar-refractivity contribution in [3.05, 3.63) is 12.2 Å². The molecule has 0 spiro atoms. The summed E-state index contributed by atoms with van der Waals surface area (Å²) in [5, 5.41) is 6.95. The summed E-state index contributed by atoms with van der Waals surface area (Å²) in [5.74, 6) is 0.625. The van der Waals surface area contributed by atoms with Gasteiger partial charge in [0.2, 0.25) is 5.89 Å². The van der Waals surface area contributed by atoms with Gasteiger partial charge in [-0.15, -0.1) is 0 Å². The van der Waals surface area contributed by atoms with Crippen LogP contribution in [0.1, 0.15) is 33.1 Å². The molecule has 1 aromatic heterocycles. The molecule has 7 heteroatoms. The number of aromatic nitrogens is 2. The lowest BCUT2D eigenvalue weighted by Crippen LogP contribution is -2.38.